The molecule has 1 aliphatic rings. The van der Waals surface area contributed by atoms with E-state index < -0.39 is 0 Å². The number of nitrogens with two attached hydrogens (primary N) is 1. The Morgan fingerprint density at radius 2 is 2.31 bits per heavy atom. The van der Waals surface area contributed by atoms with Crippen LogP contribution >= 0.6 is 0 Å². The van der Waals surface area contributed by atoms with Crippen molar-refractivity contribution in [1.82, 2.24) is 10.1 Å². The highest BCUT2D eigenvalue weighted by atomic mass is 16.5. The van der Waals surface area contributed by atoms with Crippen molar-refractivity contribution in [2.75, 3.05) is 13.1 Å². The Balaban J connectivity index is 1.83. The van der Waals surface area contributed by atoms with Crippen molar-refractivity contribution in [2.24, 2.45) is 5.73 Å². The summed E-state index contributed by atoms with van der Waals surface area (Å²) in [6.07, 6.45) is 5.68. The summed E-state index contributed by atoms with van der Waals surface area (Å²) in [5, 5.41) is 3.68. The lowest BCUT2D eigenvalue weighted by molar-refractivity contribution is 0.205. The van der Waals surface area contributed by atoms with E-state index >= 15 is 0 Å². The average Bonchev–Trinajstić information content (AvgIpc) is 2.62. The van der Waals surface area contributed by atoms with E-state index in [1.165, 1.54) is 0 Å². The summed E-state index contributed by atoms with van der Waals surface area (Å²) in [4.78, 5) is 2.38. The molecule has 4 nitrogen and oxygen atoms in total. The Kier molecular flexibility index (Phi) is 2.61. The fourth-order valence-electron chi connectivity index (χ4n) is 1.67. The molecule has 1 aromatic heterocycles. The van der Waals surface area contributed by atoms with Gasteiger partial charge in [0.15, 0.2) is 0 Å². The monoisotopic (exact) mass is 181 g/mol. The van der Waals surface area contributed by atoms with Gasteiger partial charge in [-0.25, -0.2) is 0 Å². The van der Waals surface area contributed by atoms with Gasteiger partial charge in [-0.05, 0) is 25.9 Å². The molecule has 0 bridgehead atoms. The van der Waals surface area contributed by atoms with Crippen LogP contribution in [-0.4, -0.2) is 29.2 Å². The van der Waals surface area contributed by atoms with E-state index in [0.717, 1.165) is 38.0 Å². The van der Waals surface area contributed by atoms with E-state index in [9.17, 15) is 0 Å². The highest BCUT2D eigenvalue weighted by Gasteiger charge is 2.16. The minimum Gasteiger partial charge on any atom is -0.364 e. The first-order valence-corrected chi connectivity index (χ1v) is 4.71. The van der Waals surface area contributed by atoms with Gasteiger partial charge < -0.3 is 10.3 Å². The van der Waals surface area contributed by atoms with Crippen molar-refractivity contribution in [2.45, 2.75) is 25.4 Å². The number of hydrogen-bond donors (Lipinski definition) is 1. The van der Waals surface area contributed by atoms with Gasteiger partial charge in [-0.2, -0.15) is 0 Å². The van der Waals surface area contributed by atoms with Gasteiger partial charge in [0.25, 0.3) is 0 Å². The second kappa shape index (κ2) is 3.89. The SMILES string of the molecule is NC1CCN(Cc2cnoc2)CC1. The van der Waals surface area contributed by atoms with Crippen LogP contribution in [0.5, 0.6) is 0 Å². The van der Waals surface area contributed by atoms with Gasteiger partial charge in [-0.3, -0.25) is 4.90 Å². The fraction of sp³-hybridized carbons (Fsp3) is 0.667. The molecule has 72 valence electrons. The Labute approximate surface area is 77.7 Å². The summed E-state index contributed by atoms with van der Waals surface area (Å²) in [7, 11) is 0. The molecule has 0 unspecified atom stereocenters. The van der Waals surface area contributed by atoms with Gasteiger partial charge >= 0.3 is 0 Å². The molecule has 2 rings (SSSR count). The molecule has 2 N–H and O–H groups in total. The Bertz CT molecular complexity index is 239. The molecule has 0 saturated carbocycles. The number of nitrogens with zero attached hydrogens (tertiary/aromatic N) is 2. The van der Waals surface area contributed by atoms with Crippen LogP contribution in [-0.2, 0) is 6.54 Å². The van der Waals surface area contributed by atoms with Crippen LogP contribution in [0.15, 0.2) is 17.0 Å². The summed E-state index contributed by atoms with van der Waals surface area (Å²) < 4.78 is 4.78. The topological polar surface area (TPSA) is 55.3 Å². The summed E-state index contributed by atoms with van der Waals surface area (Å²) in [6.45, 7) is 3.12. The van der Waals surface area contributed by atoms with Crippen molar-refractivity contribution in [3.05, 3.63) is 18.0 Å². The third kappa shape index (κ3) is 2.29. The van der Waals surface area contributed by atoms with Crippen LogP contribution in [0.2, 0.25) is 0 Å². The number of aromatic nitrogens is 1. The molecular formula is C9H15N3O. The van der Waals surface area contributed by atoms with E-state index in [1.54, 1.807) is 12.5 Å². The zero-order valence-corrected chi connectivity index (χ0v) is 7.65. The zero-order valence-electron chi connectivity index (χ0n) is 7.65. The highest BCUT2D eigenvalue weighted by molar-refractivity contribution is 5.00. The Morgan fingerprint density at radius 1 is 1.54 bits per heavy atom. The maximum absolute atomic E-state index is 5.81. The van der Waals surface area contributed by atoms with Crippen LogP contribution in [0.1, 0.15) is 18.4 Å². The second-order valence-electron chi connectivity index (χ2n) is 3.65. The first kappa shape index (κ1) is 8.72. The molecule has 0 radical (unpaired) electrons. The molecule has 1 aromatic rings. The molecule has 13 heavy (non-hydrogen) atoms. The van der Waals surface area contributed by atoms with Crippen LogP contribution in [0.4, 0.5) is 0 Å². The maximum atomic E-state index is 5.81. The lowest BCUT2D eigenvalue weighted by Gasteiger charge is -2.29. The molecule has 1 saturated heterocycles. The summed E-state index contributed by atoms with van der Waals surface area (Å²) in [5.74, 6) is 0. The van der Waals surface area contributed by atoms with Crippen LogP contribution in [0.3, 0.4) is 0 Å². The normalized spacial score (nSPS) is 20.7. The molecule has 1 aliphatic heterocycles. The Hall–Kier alpha value is -0.870. The van der Waals surface area contributed by atoms with Crippen molar-refractivity contribution >= 4 is 0 Å². The van der Waals surface area contributed by atoms with E-state index in [1.807, 2.05) is 0 Å². The quantitative estimate of drug-likeness (QED) is 0.725. The molecule has 0 aromatic carbocycles. The first-order chi connectivity index (χ1) is 6.34. The number of rotatable bonds is 2. The lowest BCUT2D eigenvalue weighted by atomic mass is 10.1. The smallest absolute Gasteiger partial charge is 0.128 e. The van der Waals surface area contributed by atoms with E-state index in [2.05, 4.69) is 10.1 Å². The van der Waals surface area contributed by atoms with Crippen LogP contribution in [0, 0.1) is 0 Å². The molecular weight excluding hydrogens is 166 g/mol. The van der Waals surface area contributed by atoms with Crippen LogP contribution in [0.25, 0.3) is 0 Å². The molecule has 1 fully saturated rings. The summed E-state index contributed by atoms with van der Waals surface area (Å²) in [5.41, 5.74) is 6.96. The summed E-state index contributed by atoms with van der Waals surface area (Å²) >= 11 is 0. The standard InChI is InChI=1S/C9H15N3O/c10-9-1-3-12(4-2-9)6-8-5-11-13-7-8/h5,7,9H,1-4,6,10H2. The summed E-state index contributed by atoms with van der Waals surface area (Å²) in [6, 6.07) is 0.402. The van der Waals surface area contributed by atoms with Gasteiger partial charge in [-0.1, -0.05) is 5.16 Å². The van der Waals surface area contributed by atoms with E-state index in [0.29, 0.717) is 6.04 Å². The maximum Gasteiger partial charge on any atom is 0.128 e. The minimum atomic E-state index is 0.402. The van der Waals surface area contributed by atoms with E-state index in [4.69, 9.17) is 10.3 Å². The van der Waals surface area contributed by atoms with Gasteiger partial charge in [0, 0.05) is 18.2 Å². The third-order valence-corrected chi connectivity index (χ3v) is 2.52. The highest BCUT2D eigenvalue weighted by Crippen LogP contribution is 2.11. The van der Waals surface area contributed by atoms with Gasteiger partial charge in [0.2, 0.25) is 0 Å². The van der Waals surface area contributed by atoms with E-state index in [-0.39, 0.29) is 0 Å². The van der Waals surface area contributed by atoms with Gasteiger partial charge in [0.1, 0.15) is 6.26 Å². The zero-order chi connectivity index (χ0) is 9.10. The van der Waals surface area contributed by atoms with Crippen molar-refractivity contribution in [3.8, 4) is 0 Å². The van der Waals surface area contributed by atoms with Crippen molar-refractivity contribution in [3.63, 3.8) is 0 Å². The average molecular weight is 181 g/mol. The van der Waals surface area contributed by atoms with Gasteiger partial charge in [-0.15, -0.1) is 0 Å². The molecule has 0 spiro atoms. The fourth-order valence-corrected chi connectivity index (χ4v) is 1.67. The van der Waals surface area contributed by atoms with Gasteiger partial charge in [0.05, 0.1) is 6.20 Å². The molecule has 0 amide bonds. The molecule has 0 atom stereocenters. The molecule has 0 aliphatic carbocycles. The predicted molar refractivity (Wildman–Crippen MR) is 49.0 cm³/mol. The largest absolute Gasteiger partial charge is 0.364 e. The Morgan fingerprint density at radius 3 is 2.92 bits per heavy atom. The molecule has 2 heterocycles. The predicted octanol–water partition coefficient (Wildman–Crippen LogP) is 0.598. The second-order valence-corrected chi connectivity index (χ2v) is 3.65. The van der Waals surface area contributed by atoms with Crippen LogP contribution < -0.4 is 5.73 Å². The van der Waals surface area contributed by atoms with Crippen molar-refractivity contribution < 1.29 is 4.52 Å². The number of hydrogen-bond acceptors (Lipinski definition) is 4. The molecule has 4 heteroatoms. The first-order valence-electron chi connectivity index (χ1n) is 4.71. The minimum absolute atomic E-state index is 0.402. The lowest BCUT2D eigenvalue weighted by Crippen LogP contribution is -2.39. The number of likely N-dealkylation sites (tertiary alicyclic amines) is 1. The number of piperidine rings is 1. The van der Waals surface area contributed by atoms with Crippen molar-refractivity contribution in [1.29, 1.82) is 0 Å². The third-order valence-electron chi connectivity index (χ3n) is 2.52.